The molecule has 8 heteroatoms. The molecule has 1 aromatic heterocycles. The van der Waals surface area contributed by atoms with Crippen molar-refractivity contribution in [3.8, 4) is 5.75 Å². The summed E-state index contributed by atoms with van der Waals surface area (Å²) in [7, 11) is 0. The number of ketones is 1. The van der Waals surface area contributed by atoms with Crippen LogP contribution < -0.4 is 15.6 Å². The molecule has 1 amide bonds. The Labute approximate surface area is 176 Å². The molecule has 0 saturated heterocycles. The fourth-order valence-corrected chi connectivity index (χ4v) is 4.61. The number of hydrogen-bond acceptors (Lipinski definition) is 5. The maximum Gasteiger partial charge on any atom is 0.289 e. The number of carboxylic acid groups (broad SMARTS) is 1. The lowest BCUT2D eigenvalue weighted by molar-refractivity contribution is -0.961. The number of carboxylic acids is 1. The molecule has 8 nitrogen and oxygen atoms in total. The maximum atomic E-state index is 12.8. The number of aliphatic carboxylic acids is 1. The summed E-state index contributed by atoms with van der Waals surface area (Å²) >= 11 is 0. The van der Waals surface area contributed by atoms with E-state index in [2.05, 4.69) is 32.3 Å². The minimum absolute atomic E-state index is 0.0123. The first-order chi connectivity index (χ1) is 14.2. The van der Waals surface area contributed by atoms with Crippen molar-refractivity contribution in [3.63, 3.8) is 0 Å². The molecule has 1 aromatic carbocycles. The summed E-state index contributed by atoms with van der Waals surface area (Å²) in [5.74, 6) is -3.06. The molecular formula is C22H31N3O5. The van der Waals surface area contributed by atoms with E-state index in [1.807, 2.05) is 6.07 Å². The average Bonchev–Trinajstić information content (AvgIpc) is 3.02. The molecule has 0 saturated carbocycles. The maximum absolute atomic E-state index is 12.8. The number of carbonyl (C=O) groups is 3. The van der Waals surface area contributed by atoms with E-state index in [1.165, 1.54) is 0 Å². The number of Topliss-reactive ketones (excluding diaryl/α,β-unsaturated/α-hetero) is 1. The molecule has 1 heterocycles. The van der Waals surface area contributed by atoms with E-state index in [9.17, 15) is 19.5 Å². The smallest absolute Gasteiger partial charge is 0.289 e. The van der Waals surface area contributed by atoms with Gasteiger partial charge in [0.2, 0.25) is 0 Å². The van der Waals surface area contributed by atoms with Crippen LogP contribution in [0.15, 0.2) is 18.2 Å². The standard InChI is InChI=1S/C22H31N3O5/c1-6-17(25(7-2,8-3)9-4)24-14(5)19(21(28)22(23)29)20-15(24)11-10-12-16(20)30-13-18(26)27/h10-12,17H,6-9,13H2,1-5H3,(H2-,23,26,27,29). The molecule has 1 unspecified atom stereocenters. The fourth-order valence-electron chi connectivity index (χ4n) is 4.61. The number of carbonyl (C=O) groups excluding carboxylic acids is 3. The van der Waals surface area contributed by atoms with E-state index in [-0.39, 0.29) is 17.5 Å². The number of nitrogens with zero attached hydrogens (tertiary/aromatic N) is 2. The zero-order valence-corrected chi connectivity index (χ0v) is 18.4. The summed E-state index contributed by atoms with van der Waals surface area (Å²) in [5.41, 5.74) is 6.81. The first kappa shape index (κ1) is 23.4. The lowest BCUT2D eigenvalue weighted by Gasteiger charge is -2.44. The average molecular weight is 418 g/mol. The van der Waals surface area contributed by atoms with Crippen LogP contribution >= 0.6 is 0 Å². The van der Waals surface area contributed by atoms with Gasteiger partial charge in [0, 0.05) is 12.1 Å². The summed E-state index contributed by atoms with van der Waals surface area (Å²) in [6.45, 7) is 12.3. The molecule has 0 fully saturated rings. The highest BCUT2D eigenvalue weighted by atomic mass is 16.5. The van der Waals surface area contributed by atoms with E-state index < -0.39 is 24.3 Å². The molecule has 2 aromatic rings. The van der Waals surface area contributed by atoms with Gasteiger partial charge >= 0.3 is 0 Å². The summed E-state index contributed by atoms with van der Waals surface area (Å²) in [6.07, 6.45) is 0.812. The van der Waals surface area contributed by atoms with Crippen LogP contribution in [0.2, 0.25) is 0 Å². The van der Waals surface area contributed by atoms with Crippen molar-refractivity contribution >= 4 is 28.6 Å². The number of rotatable bonds is 11. The largest absolute Gasteiger partial charge is 0.546 e. The van der Waals surface area contributed by atoms with E-state index >= 15 is 0 Å². The van der Waals surface area contributed by atoms with Gasteiger partial charge in [0.05, 0.1) is 42.1 Å². The van der Waals surface area contributed by atoms with Gasteiger partial charge < -0.3 is 24.9 Å². The first-order valence-electron chi connectivity index (χ1n) is 10.3. The zero-order chi connectivity index (χ0) is 22.6. The summed E-state index contributed by atoms with van der Waals surface area (Å²) in [6, 6.07) is 5.17. The molecule has 0 radical (unpaired) electrons. The minimum atomic E-state index is -1.38. The van der Waals surface area contributed by atoms with Crippen molar-refractivity contribution in [3.05, 3.63) is 29.5 Å². The van der Waals surface area contributed by atoms with Crippen LogP contribution in [0.4, 0.5) is 0 Å². The highest BCUT2D eigenvalue weighted by molar-refractivity contribution is 6.45. The Morgan fingerprint density at radius 3 is 2.20 bits per heavy atom. The number of fused-ring (bicyclic) bond motifs is 1. The normalized spacial score (nSPS) is 12.7. The molecule has 2 N–H and O–H groups in total. The Morgan fingerprint density at radius 2 is 1.73 bits per heavy atom. The monoisotopic (exact) mass is 417 g/mol. The van der Waals surface area contributed by atoms with Gasteiger partial charge in [-0.1, -0.05) is 13.0 Å². The summed E-state index contributed by atoms with van der Waals surface area (Å²) in [4.78, 5) is 35.5. The van der Waals surface area contributed by atoms with Crippen molar-refractivity contribution in [1.82, 2.24) is 4.57 Å². The number of nitrogens with two attached hydrogens (primary N) is 1. The molecule has 0 spiro atoms. The second kappa shape index (κ2) is 9.30. The Bertz CT molecular complexity index is 951. The van der Waals surface area contributed by atoms with Gasteiger partial charge in [-0.2, -0.15) is 0 Å². The number of primary amides is 1. The van der Waals surface area contributed by atoms with Gasteiger partial charge in [0.25, 0.3) is 11.7 Å². The van der Waals surface area contributed by atoms with Gasteiger partial charge in [0.1, 0.15) is 12.4 Å². The number of hydrogen-bond donors (Lipinski definition) is 1. The van der Waals surface area contributed by atoms with Crippen LogP contribution in [0.25, 0.3) is 10.9 Å². The Kier molecular flexibility index (Phi) is 7.25. The first-order valence-corrected chi connectivity index (χ1v) is 10.3. The molecule has 30 heavy (non-hydrogen) atoms. The molecule has 0 aliphatic carbocycles. The number of ether oxygens (including phenoxy) is 1. The van der Waals surface area contributed by atoms with E-state index in [1.54, 1.807) is 19.1 Å². The highest BCUT2D eigenvalue weighted by Crippen LogP contribution is 2.39. The lowest BCUT2D eigenvalue weighted by Crippen LogP contribution is -2.52. The van der Waals surface area contributed by atoms with Crippen LogP contribution in [-0.4, -0.2) is 53.0 Å². The van der Waals surface area contributed by atoms with Crippen molar-refractivity contribution in [2.24, 2.45) is 5.73 Å². The van der Waals surface area contributed by atoms with Crippen molar-refractivity contribution in [2.45, 2.75) is 47.2 Å². The number of aromatic nitrogens is 1. The molecule has 164 valence electrons. The van der Waals surface area contributed by atoms with Gasteiger partial charge in [-0.25, -0.2) is 0 Å². The van der Waals surface area contributed by atoms with Crippen LogP contribution in [0, 0.1) is 6.92 Å². The van der Waals surface area contributed by atoms with Crippen LogP contribution in [-0.2, 0) is 9.59 Å². The quantitative estimate of drug-likeness (QED) is 0.338. The third-order valence-electron chi connectivity index (χ3n) is 6.22. The minimum Gasteiger partial charge on any atom is -0.546 e. The topological polar surface area (TPSA) is 114 Å². The predicted octanol–water partition coefficient (Wildman–Crippen LogP) is 1.53. The van der Waals surface area contributed by atoms with Gasteiger partial charge in [-0.05, 0) is 39.8 Å². The van der Waals surface area contributed by atoms with E-state index in [4.69, 9.17) is 10.5 Å². The molecule has 0 aliphatic heterocycles. The Balaban J connectivity index is 2.91. The van der Waals surface area contributed by atoms with Gasteiger partial charge in [-0.15, -0.1) is 0 Å². The van der Waals surface area contributed by atoms with Gasteiger partial charge in [0.15, 0.2) is 6.17 Å². The SMILES string of the molecule is CCC(n1c(C)c(C(=O)C(N)=O)c2c(OCC(=O)[O-])cccc21)[N+](CC)(CC)CC. The number of quaternary nitrogens is 1. The third-order valence-corrected chi connectivity index (χ3v) is 6.22. The Hall–Kier alpha value is -2.87. The van der Waals surface area contributed by atoms with Crippen molar-refractivity contribution in [2.75, 3.05) is 26.2 Å². The zero-order valence-electron chi connectivity index (χ0n) is 18.4. The van der Waals surface area contributed by atoms with Gasteiger partial charge in [-0.3, -0.25) is 14.2 Å². The second-order valence-electron chi connectivity index (χ2n) is 7.39. The van der Waals surface area contributed by atoms with Crippen molar-refractivity contribution < 1.29 is 28.7 Å². The molecule has 1 atom stereocenters. The van der Waals surface area contributed by atoms with E-state index in [0.717, 1.165) is 30.5 Å². The Morgan fingerprint density at radius 1 is 1.13 bits per heavy atom. The van der Waals surface area contributed by atoms with Crippen molar-refractivity contribution in [1.29, 1.82) is 0 Å². The molecular weight excluding hydrogens is 386 g/mol. The second-order valence-corrected chi connectivity index (χ2v) is 7.39. The number of benzene rings is 1. The van der Waals surface area contributed by atoms with Crippen LogP contribution in [0.5, 0.6) is 5.75 Å². The summed E-state index contributed by atoms with van der Waals surface area (Å²) in [5, 5.41) is 11.3. The highest BCUT2D eigenvalue weighted by Gasteiger charge is 2.37. The third kappa shape index (κ3) is 3.92. The molecule has 0 bridgehead atoms. The van der Waals surface area contributed by atoms with Crippen LogP contribution in [0.3, 0.4) is 0 Å². The van der Waals surface area contributed by atoms with Crippen LogP contribution in [0.1, 0.15) is 56.3 Å². The fraction of sp³-hybridized carbons (Fsp3) is 0.500. The number of amides is 1. The molecule has 2 rings (SSSR count). The lowest BCUT2D eigenvalue weighted by atomic mass is 10.1. The predicted molar refractivity (Wildman–Crippen MR) is 112 cm³/mol. The summed E-state index contributed by atoms with van der Waals surface area (Å²) < 4.78 is 8.28. The molecule has 0 aliphatic rings. The van der Waals surface area contributed by atoms with E-state index in [0.29, 0.717) is 16.6 Å².